The minimum Gasteiger partial charge on any atom is -0.372 e. The van der Waals surface area contributed by atoms with Crippen molar-refractivity contribution in [3.05, 3.63) is 36.2 Å². The molecule has 0 saturated heterocycles. The molecule has 2 rings (SSSR count). The standard InChI is InChI=1S/C11H9F3N4/c1-15-10-4-7(5-17-18-10)9-3-2-8(6-16-9)11(12,13)14/h2-6H,1H3,(H,15,18). The maximum Gasteiger partial charge on any atom is 0.417 e. The fraction of sp³-hybridized carbons (Fsp3) is 0.182. The van der Waals surface area contributed by atoms with E-state index in [-0.39, 0.29) is 0 Å². The maximum absolute atomic E-state index is 12.4. The lowest BCUT2D eigenvalue weighted by molar-refractivity contribution is -0.137. The topological polar surface area (TPSA) is 50.7 Å². The number of rotatable bonds is 2. The molecule has 4 nitrogen and oxygen atoms in total. The number of nitrogens with zero attached hydrogens (tertiary/aromatic N) is 3. The second-order valence-electron chi connectivity index (χ2n) is 3.51. The zero-order valence-electron chi connectivity index (χ0n) is 9.36. The molecule has 0 atom stereocenters. The van der Waals surface area contributed by atoms with E-state index in [0.29, 0.717) is 17.1 Å². The van der Waals surface area contributed by atoms with E-state index < -0.39 is 11.7 Å². The number of pyridine rings is 1. The number of aromatic nitrogens is 3. The van der Waals surface area contributed by atoms with Crippen LogP contribution in [0.5, 0.6) is 0 Å². The number of hydrogen-bond acceptors (Lipinski definition) is 4. The highest BCUT2D eigenvalue weighted by Gasteiger charge is 2.30. The van der Waals surface area contributed by atoms with Crippen LogP contribution < -0.4 is 5.32 Å². The maximum atomic E-state index is 12.4. The van der Waals surface area contributed by atoms with Crippen molar-refractivity contribution in [2.45, 2.75) is 6.18 Å². The van der Waals surface area contributed by atoms with E-state index in [1.54, 1.807) is 13.1 Å². The van der Waals surface area contributed by atoms with Gasteiger partial charge in [-0.3, -0.25) is 4.98 Å². The third kappa shape index (κ3) is 2.55. The lowest BCUT2D eigenvalue weighted by atomic mass is 10.1. The van der Waals surface area contributed by atoms with E-state index in [9.17, 15) is 13.2 Å². The summed E-state index contributed by atoms with van der Waals surface area (Å²) >= 11 is 0. The summed E-state index contributed by atoms with van der Waals surface area (Å²) in [4.78, 5) is 3.78. The van der Waals surface area contributed by atoms with Gasteiger partial charge in [0.2, 0.25) is 0 Å². The molecule has 2 aromatic rings. The molecule has 0 amide bonds. The van der Waals surface area contributed by atoms with Gasteiger partial charge < -0.3 is 5.32 Å². The number of anilines is 1. The van der Waals surface area contributed by atoms with E-state index in [2.05, 4.69) is 20.5 Å². The molecule has 0 aliphatic heterocycles. The zero-order valence-corrected chi connectivity index (χ0v) is 9.36. The molecule has 18 heavy (non-hydrogen) atoms. The minimum absolute atomic E-state index is 0.411. The summed E-state index contributed by atoms with van der Waals surface area (Å²) in [7, 11) is 1.67. The Balaban J connectivity index is 2.34. The van der Waals surface area contributed by atoms with Crippen LogP contribution in [-0.2, 0) is 6.18 Å². The van der Waals surface area contributed by atoms with E-state index in [1.807, 2.05) is 0 Å². The Labute approximate surface area is 101 Å². The smallest absolute Gasteiger partial charge is 0.372 e. The fourth-order valence-electron chi connectivity index (χ4n) is 1.36. The average molecular weight is 254 g/mol. The molecule has 2 aromatic heterocycles. The summed E-state index contributed by atoms with van der Waals surface area (Å²) in [6.07, 6.45) is -2.14. The summed E-state index contributed by atoms with van der Waals surface area (Å²) in [5.41, 5.74) is 0.236. The van der Waals surface area contributed by atoms with Gasteiger partial charge in [0.25, 0.3) is 0 Å². The van der Waals surface area contributed by atoms with Crippen molar-refractivity contribution in [1.29, 1.82) is 0 Å². The Kier molecular flexibility index (Phi) is 3.14. The largest absolute Gasteiger partial charge is 0.417 e. The molecular weight excluding hydrogens is 245 g/mol. The van der Waals surface area contributed by atoms with Crippen LogP contribution >= 0.6 is 0 Å². The van der Waals surface area contributed by atoms with E-state index >= 15 is 0 Å². The van der Waals surface area contributed by atoms with E-state index in [0.717, 1.165) is 12.3 Å². The van der Waals surface area contributed by atoms with Gasteiger partial charge in [-0.05, 0) is 18.2 Å². The molecular formula is C11H9F3N4. The third-order valence-electron chi connectivity index (χ3n) is 2.30. The third-order valence-corrected chi connectivity index (χ3v) is 2.30. The van der Waals surface area contributed by atoms with Gasteiger partial charge in [0.15, 0.2) is 0 Å². The second-order valence-corrected chi connectivity index (χ2v) is 3.51. The van der Waals surface area contributed by atoms with Crippen molar-refractivity contribution < 1.29 is 13.2 Å². The van der Waals surface area contributed by atoms with Gasteiger partial charge in [-0.15, -0.1) is 5.10 Å². The van der Waals surface area contributed by atoms with Crippen LogP contribution in [0.25, 0.3) is 11.3 Å². The molecule has 0 aliphatic rings. The van der Waals surface area contributed by atoms with Crippen molar-refractivity contribution in [1.82, 2.24) is 15.2 Å². The normalized spacial score (nSPS) is 11.3. The first-order valence-electron chi connectivity index (χ1n) is 5.05. The van der Waals surface area contributed by atoms with Gasteiger partial charge in [-0.2, -0.15) is 18.3 Å². The highest BCUT2D eigenvalue weighted by Crippen LogP contribution is 2.29. The Morgan fingerprint density at radius 2 is 1.94 bits per heavy atom. The van der Waals surface area contributed by atoms with Crippen LogP contribution in [0.4, 0.5) is 19.0 Å². The van der Waals surface area contributed by atoms with Crippen molar-refractivity contribution >= 4 is 5.82 Å². The van der Waals surface area contributed by atoms with Crippen LogP contribution in [-0.4, -0.2) is 22.2 Å². The van der Waals surface area contributed by atoms with Crippen LogP contribution in [0.15, 0.2) is 30.6 Å². The highest BCUT2D eigenvalue weighted by atomic mass is 19.4. The number of halogens is 3. The van der Waals surface area contributed by atoms with Gasteiger partial charge >= 0.3 is 6.18 Å². The molecule has 0 fully saturated rings. The van der Waals surface area contributed by atoms with Gasteiger partial charge in [0, 0.05) is 18.8 Å². The Bertz CT molecular complexity index is 537. The lowest BCUT2D eigenvalue weighted by Gasteiger charge is -2.07. The molecule has 0 bridgehead atoms. The molecule has 0 aliphatic carbocycles. The zero-order chi connectivity index (χ0) is 13.2. The summed E-state index contributed by atoms with van der Waals surface area (Å²) in [6.45, 7) is 0. The van der Waals surface area contributed by atoms with Crippen LogP contribution in [0.1, 0.15) is 5.56 Å². The Morgan fingerprint density at radius 3 is 2.50 bits per heavy atom. The Hall–Kier alpha value is -2.18. The monoisotopic (exact) mass is 254 g/mol. The molecule has 7 heteroatoms. The van der Waals surface area contributed by atoms with Gasteiger partial charge in [-0.1, -0.05) is 0 Å². The summed E-state index contributed by atoms with van der Waals surface area (Å²) in [5, 5.41) is 10.3. The van der Waals surface area contributed by atoms with Crippen molar-refractivity contribution in [3.63, 3.8) is 0 Å². The van der Waals surface area contributed by atoms with Crippen LogP contribution in [0, 0.1) is 0 Å². The SMILES string of the molecule is CNc1cc(-c2ccc(C(F)(F)F)cn2)cnn1. The highest BCUT2D eigenvalue weighted by molar-refractivity contribution is 5.61. The predicted molar refractivity (Wildman–Crippen MR) is 59.8 cm³/mol. The minimum atomic E-state index is -4.38. The molecule has 0 saturated carbocycles. The molecule has 0 spiro atoms. The van der Waals surface area contributed by atoms with Crippen molar-refractivity contribution in [2.75, 3.05) is 12.4 Å². The molecule has 0 unspecified atom stereocenters. The lowest BCUT2D eigenvalue weighted by Crippen LogP contribution is -2.05. The second kappa shape index (κ2) is 4.59. The summed E-state index contributed by atoms with van der Waals surface area (Å²) < 4.78 is 37.1. The fourth-order valence-corrected chi connectivity index (χ4v) is 1.36. The van der Waals surface area contributed by atoms with E-state index in [1.165, 1.54) is 12.3 Å². The number of hydrogen-bond donors (Lipinski definition) is 1. The predicted octanol–water partition coefficient (Wildman–Crippen LogP) is 2.60. The first-order chi connectivity index (χ1) is 8.50. The molecule has 0 aromatic carbocycles. The molecule has 0 radical (unpaired) electrons. The van der Waals surface area contributed by atoms with Gasteiger partial charge in [0.05, 0.1) is 17.5 Å². The molecule has 1 N–H and O–H groups in total. The first-order valence-corrected chi connectivity index (χ1v) is 5.05. The van der Waals surface area contributed by atoms with Crippen molar-refractivity contribution in [3.8, 4) is 11.3 Å². The Morgan fingerprint density at radius 1 is 1.17 bits per heavy atom. The number of nitrogens with one attached hydrogen (secondary N) is 1. The van der Waals surface area contributed by atoms with Gasteiger partial charge in [0.1, 0.15) is 5.82 Å². The van der Waals surface area contributed by atoms with Crippen molar-refractivity contribution in [2.24, 2.45) is 0 Å². The summed E-state index contributed by atoms with van der Waals surface area (Å²) in [6, 6.07) is 3.95. The first kappa shape index (κ1) is 12.3. The van der Waals surface area contributed by atoms with Crippen LogP contribution in [0.2, 0.25) is 0 Å². The average Bonchev–Trinajstić information content (AvgIpc) is 2.38. The quantitative estimate of drug-likeness (QED) is 0.895. The van der Waals surface area contributed by atoms with Crippen LogP contribution in [0.3, 0.4) is 0 Å². The summed E-state index contributed by atoms with van der Waals surface area (Å²) in [5.74, 6) is 0.522. The van der Waals surface area contributed by atoms with E-state index in [4.69, 9.17) is 0 Å². The number of alkyl halides is 3. The molecule has 2 heterocycles. The molecule has 94 valence electrons. The van der Waals surface area contributed by atoms with Gasteiger partial charge in [-0.25, -0.2) is 0 Å².